The molecule has 0 radical (unpaired) electrons. The molecule has 2 saturated carbocycles. The van der Waals surface area contributed by atoms with E-state index in [2.05, 4.69) is 37.3 Å². The molecule has 4 nitrogen and oxygen atoms in total. The molecule has 1 N–H and O–H groups in total. The monoisotopic (exact) mass is 393 g/mol. The van der Waals surface area contributed by atoms with E-state index in [1.807, 2.05) is 12.1 Å². The number of hydrogen-bond donors (Lipinski definition) is 1. The van der Waals surface area contributed by atoms with Crippen molar-refractivity contribution in [2.45, 2.75) is 57.8 Å². The van der Waals surface area contributed by atoms with Crippen molar-refractivity contribution in [2.24, 2.45) is 23.2 Å². The fraction of sp³-hybridized carbons (Fsp3) is 0.560. The first-order chi connectivity index (χ1) is 14.0. The van der Waals surface area contributed by atoms with Gasteiger partial charge >= 0.3 is 0 Å². The van der Waals surface area contributed by atoms with Crippen LogP contribution in [0.3, 0.4) is 0 Å². The van der Waals surface area contributed by atoms with E-state index < -0.39 is 0 Å². The van der Waals surface area contributed by atoms with Crippen LogP contribution in [0.2, 0.25) is 0 Å². The van der Waals surface area contributed by atoms with Crippen molar-refractivity contribution >= 4 is 6.47 Å². The van der Waals surface area contributed by atoms with Gasteiger partial charge in [-0.05, 0) is 109 Å². The van der Waals surface area contributed by atoms with Crippen molar-refractivity contribution in [3.8, 4) is 11.5 Å². The fourth-order valence-electron chi connectivity index (χ4n) is 7.29. The molecular formula is C25H31NO3. The highest BCUT2D eigenvalue weighted by molar-refractivity contribution is 5.55. The van der Waals surface area contributed by atoms with Gasteiger partial charge < -0.3 is 14.7 Å². The summed E-state index contributed by atoms with van der Waals surface area (Å²) in [5, 5.41) is 10.2. The average Bonchev–Trinajstić information content (AvgIpc) is 3.06. The molecular weight excluding hydrogens is 362 g/mol. The van der Waals surface area contributed by atoms with Crippen molar-refractivity contribution in [1.29, 1.82) is 0 Å². The third-order valence-electron chi connectivity index (χ3n) is 8.49. The third kappa shape index (κ3) is 2.91. The predicted molar refractivity (Wildman–Crippen MR) is 113 cm³/mol. The molecule has 2 fully saturated rings. The number of aromatic hydroxyl groups is 1. The number of nitrogens with zero attached hydrogens (tertiary/aromatic N) is 1. The maximum absolute atomic E-state index is 10.8. The Morgan fingerprint density at radius 2 is 2.10 bits per heavy atom. The van der Waals surface area contributed by atoms with Crippen molar-refractivity contribution in [3.05, 3.63) is 47.3 Å². The number of carbonyl (C=O) groups is 1. The molecule has 0 bridgehead atoms. The number of benzene rings is 1. The van der Waals surface area contributed by atoms with Gasteiger partial charge in [-0.25, -0.2) is 0 Å². The van der Waals surface area contributed by atoms with Gasteiger partial charge in [-0.1, -0.05) is 13.0 Å². The number of allylic oxidation sites excluding steroid dienone is 2. The van der Waals surface area contributed by atoms with Gasteiger partial charge in [0.1, 0.15) is 0 Å². The first-order valence-corrected chi connectivity index (χ1v) is 11.1. The second-order valence-corrected chi connectivity index (χ2v) is 9.78. The van der Waals surface area contributed by atoms with E-state index in [9.17, 15) is 9.90 Å². The van der Waals surface area contributed by atoms with Gasteiger partial charge in [0.25, 0.3) is 6.47 Å². The Bertz CT molecular complexity index is 888. The summed E-state index contributed by atoms with van der Waals surface area (Å²) in [6.07, 6.45) is 15.2. The molecule has 0 unspecified atom stereocenters. The first-order valence-electron chi connectivity index (χ1n) is 11.1. The molecule has 1 aromatic carbocycles. The maximum Gasteiger partial charge on any atom is 0.298 e. The number of phenolic OH excluding ortho intramolecular Hbond substituents is 1. The van der Waals surface area contributed by atoms with Gasteiger partial charge in [-0.15, -0.1) is 0 Å². The zero-order valence-corrected chi connectivity index (χ0v) is 17.4. The van der Waals surface area contributed by atoms with E-state index in [0.29, 0.717) is 35.4 Å². The van der Waals surface area contributed by atoms with Gasteiger partial charge in [-0.3, -0.25) is 4.79 Å². The van der Waals surface area contributed by atoms with Crippen LogP contribution in [-0.4, -0.2) is 23.5 Å². The summed E-state index contributed by atoms with van der Waals surface area (Å²) in [5.74, 6) is 3.04. The summed E-state index contributed by atoms with van der Waals surface area (Å²) < 4.78 is 5.05. The summed E-state index contributed by atoms with van der Waals surface area (Å²) in [7, 11) is 2.13. The average molecular weight is 394 g/mol. The molecule has 1 aliphatic heterocycles. The smallest absolute Gasteiger partial charge is 0.298 e. The molecule has 29 heavy (non-hydrogen) atoms. The Balaban J connectivity index is 1.45. The lowest BCUT2D eigenvalue weighted by Gasteiger charge is -2.51. The molecule has 154 valence electrons. The summed E-state index contributed by atoms with van der Waals surface area (Å²) in [6, 6.07) is 3.76. The summed E-state index contributed by atoms with van der Waals surface area (Å²) in [6.45, 7) is 2.96. The van der Waals surface area contributed by atoms with E-state index in [-0.39, 0.29) is 5.75 Å². The van der Waals surface area contributed by atoms with Crippen molar-refractivity contribution in [1.82, 2.24) is 4.90 Å². The standard InChI is InChI=1S/C25H31NO3/c1-25-10-9-18-19(6-5-16-12-23(28)24(29-15-27)13-20(16)18)22(25)8-7-21(25)17-4-3-11-26(2)14-17/h3,11-15,18-19,21-22,28H,4-10H2,1-2H3/t18-,19+,21+,22-,25+/m0/s1. The lowest BCUT2D eigenvalue weighted by atomic mass is 9.53. The van der Waals surface area contributed by atoms with Gasteiger partial charge in [-0.2, -0.15) is 0 Å². The zero-order valence-electron chi connectivity index (χ0n) is 17.4. The lowest BCUT2D eigenvalue weighted by Crippen LogP contribution is -2.42. The van der Waals surface area contributed by atoms with Crippen LogP contribution in [-0.2, 0) is 11.2 Å². The highest BCUT2D eigenvalue weighted by Gasteiger charge is 2.55. The molecule has 1 aromatic rings. The van der Waals surface area contributed by atoms with Crippen LogP contribution in [0, 0.1) is 23.2 Å². The van der Waals surface area contributed by atoms with Crippen LogP contribution in [0.15, 0.2) is 36.2 Å². The van der Waals surface area contributed by atoms with Gasteiger partial charge in [0.2, 0.25) is 0 Å². The van der Waals surface area contributed by atoms with Crippen molar-refractivity contribution in [2.75, 3.05) is 7.05 Å². The lowest BCUT2D eigenvalue weighted by molar-refractivity contribution is -0.120. The van der Waals surface area contributed by atoms with E-state index in [0.717, 1.165) is 18.8 Å². The van der Waals surface area contributed by atoms with Crippen LogP contribution in [0.1, 0.15) is 62.5 Å². The number of fused-ring (bicyclic) bond motifs is 5. The topological polar surface area (TPSA) is 49.8 Å². The van der Waals surface area contributed by atoms with Crippen LogP contribution < -0.4 is 4.74 Å². The molecule has 1 heterocycles. The number of phenols is 1. The minimum Gasteiger partial charge on any atom is -0.504 e. The largest absolute Gasteiger partial charge is 0.504 e. The van der Waals surface area contributed by atoms with E-state index in [1.54, 1.807) is 5.57 Å². The number of aryl methyl sites for hydroxylation is 1. The molecule has 0 spiro atoms. The van der Waals surface area contributed by atoms with Crippen LogP contribution >= 0.6 is 0 Å². The fourth-order valence-corrected chi connectivity index (χ4v) is 7.29. The van der Waals surface area contributed by atoms with Crippen molar-refractivity contribution < 1.29 is 14.6 Å². The molecule has 0 aromatic heterocycles. The minimum atomic E-state index is 0.0808. The normalized spacial score (nSPS) is 35.4. The van der Waals surface area contributed by atoms with Crippen molar-refractivity contribution in [3.63, 3.8) is 0 Å². The van der Waals surface area contributed by atoms with E-state index in [1.165, 1.54) is 43.2 Å². The Morgan fingerprint density at radius 1 is 1.24 bits per heavy atom. The molecule has 3 aliphatic carbocycles. The Hall–Kier alpha value is -2.23. The maximum atomic E-state index is 10.8. The van der Waals surface area contributed by atoms with Crippen LogP contribution in [0.25, 0.3) is 0 Å². The van der Waals surface area contributed by atoms with Gasteiger partial charge in [0, 0.05) is 13.2 Å². The molecule has 5 rings (SSSR count). The minimum absolute atomic E-state index is 0.0808. The van der Waals surface area contributed by atoms with Crippen LogP contribution in [0.4, 0.5) is 0 Å². The quantitative estimate of drug-likeness (QED) is 0.723. The molecule has 0 amide bonds. The Kier molecular flexibility index (Phi) is 4.49. The zero-order chi connectivity index (χ0) is 20.2. The van der Waals surface area contributed by atoms with Crippen LogP contribution in [0.5, 0.6) is 11.5 Å². The molecule has 4 aliphatic rings. The Labute approximate surface area is 173 Å². The highest BCUT2D eigenvalue weighted by atomic mass is 16.5. The molecule has 4 heteroatoms. The van der Waals surface area contributed by atoms with Gasteiger partial charge in [0.15, 0.2) is 11.5 Å². The first kappa shape index (κ1) is 18.8. The Morgan fingerprint density at radius 3 is 2.90 bits per heavy atom. The highest BCUT2D eigenvalue weighted by Crippen LogP contribution is 2.65. The molecule has 5 atom stereocenters. The summed E-state index contributed by atoms with van der Waals surface area (Å²) in [4.78, 5) is 13.0. The summed E-state index contributed by atoms with van der Waals surface area (Å²) in [5.41, 5.74) is 4.54. The second kappa shape index (κ2) is 6.93. The number of rotatable bonds is 3. The summed E-state index contributed by atoms with van der Waals surface area (Å²) >= 11 is 0. The second-order valence-electron chi connectivity index (χ2n) is 9.78. The number of hydrogen-bond acceptors (Lipinski definition) is 4. The molecule has 0 saturated heterocycles. The van der Waals surface area contributed by atoms with E-state index >= 15 is 0 Å². The number of carbonyl (C=O) groups excluding carboxylic acids is 1. The predicted octanol–water partition coefficient (Wildman–Crippen LogP) is 5.13. The van der Waals surface area contributed by atoms with Gasteiger partial charge in [0.05, 0.1) is 0 Å². The van der Waals surface area contributed by atoms with E-state index in [4.69, 9.17) is 4.74 Å². The number of ether oxygens (including phenoxy) is 1. The third-order valence-corrected chi connectivity index (χ3v) is 8.49. The SMILES string of the molecule is CN1C=CCC([C@H]2CC[C@H]3[C@@H]4CCc5cc(O)c(OC=O)cc5[C@H]4CC[C@]23C)=C1.